The molecule has 0 spiro atoms. The number of amides is 1. The van der Waals surface area contributed by atoms with Gasteiger partial charge in [-0.2, -0.15) is 0 Å². The number of hydrogen-bond donors (Lipinski definition) is 3. The topological polar surface area (TPSA) is 135 Å². The van der Waals surface area contributed by atoms with Crippen LogP contribution < -0.4 is 11.1 Å². The number of aromatic nitrogens is 2. The standard InChI is InChI=1S/C25H27BrN4O4S/c1-24(2,3)20-10-9-18(35-20)22(32)30-25(4,19(31)11-17(27)23(33)34)15-7-5-14(6-8-15)21-28-12-16(26)13-29-21/h5-10,12-13,17H,11,27H2,1-4H3,(H,30,32)(H,33,34)/t17-,25?/m1/s1. The highest BCUT2D eigenvalue weighted by atomic mass is 79.9. The number of rotatable bonds is 8. The summed E-state index contributed by atoms with van der Waals surface area (Å²) >= 11 is 4.65. The third kappa shape index (κ3) is 6.19. The molecular formula is C25H27BrN4O4S. The van der Waals surface area contributed by atoms with Crippen molar-refractivity contribution in [2.45, 2.75) is 51.1 Å². The molecule has 1 unspecified atom stereocenters. The average Bonchev–Trinajstić information content (AvgIpc) is 3.31. The maximum absolute atomic E-state index is 13.3. The molecule has 2 aromatic heterocycles. The summed E-state index contributed by atoms with van der Waals surface area (Å²) in [6, 6.07) is 9.12. The average molecular weight is 559 g/mol. The number of nitrogens with one attached hydrogen (secondary N) is 1. The molecule has 3 rings (SSSR count). The van der Waals surface area contributed by atoms with Gasteiger partial charge in [0.05, 0.1) is 9.35 Å². The number of thiophene rings is 1. The summed E-state index contributed by atoms with van der Waals surface area (Å²) in [7, 11) is 0. The fourth-order valence-electron chi connectivity index (χ4n) is 3.36. The molecule has 0 saturated heterocycles. The van der Waals surface area contributed by atoms with Crippen molar-refractivity contribution in [3.63, 3.8) is 0 Å². The number of ketones is 1. The van der Waals surface area contributed by atoms with Gasteiger partial charge in [0.15, 0.2) is 11.6 Å². The van der Waals surface area contributed by atoms with Gasteiger partial charge in [0.1, 0.15) is 11.6 Å². The third-order valence-corrected chi connectivity index (χ3v) is 7.47. The van der Waals surface area contributed by atoms with Crippen molar-refractivity contribution in [1.29, 1.82) is 0 Å². The summed E-state index contributed by atoms with van der Waals surface area (Å²) in [5.41, 5.74) is 5.23. The van der Waals surface area contributed by atoms with E-state index in [1.54, 1.807) is 49.6 Å². The van der Waals surface area contributed by atoms with Gasteiger partial charge in [-0.1, -0.05) is 45.0 Å². The van der Waals surface area contributed by atoms with Crippen molar-refractivity contribution in [2.75, 3.05) is 0 Å². The Morgan fingerprint density at radius 3 is 2.17 bits per heavy atom. The van der Waals surface area contributed by atoms with Gasteiger partial charge < -0.3 is 16.2 Å². The normalized spacial score (nSPS) is 14.1. The number of hydrogen-bond acceptors (Lipinski definition) is 7. The molecule has 1 amide bonds. The molecule has 10 heteroatoms. The molecule has 35 heavy (non-hydrogen) atoms. The first kappa shape index (κ1) is 26.7. The zero-order valence-corrected chi connectivity index (χ0v) is 22.2. The lowest BCUT2D eigenvalue weighted by atomic mass is 9.84. The van der Waals surface area contributed by atoms with E-state index in [9.17, 15) is 19.5 Å². The van der Waals surface area contributed by atoms with Crippen LogP contribution in [0.3, 0.4) is 0 Å². The van der Waals surface area contributed by atoms with E-state index in [1.165, 1.54) is 11.3 Å². The van der Waals surface area contributed by atoms with Crippen LogP contribution in [0.5, 0.6) is 0 Å². The molecular weight excluding hydrogens is 532 g/mol. The summed E-state index contributed by atoms with van der Waals surface area (Å²) in [6.07, 6.45) is 2.82. The molecule has 184 valence electrons. The minimum Gasteiger partial charge on any atom is -0.480 e. The Morgan fingerprint density at radius 1 is 1.06 bits per heavy atom. The number of Topliss-reactive ketones (excluding diaryl/α,β-unsaturated/α-hetero) is 1. The molecule has 3 aromatic rings. The predicted octanol–water partition coefficient (Wildman–Crippen LogP) is 4.28. The zero-order valence-electron chi connectivity index (χ0n) is 19.8. The number of halogens is 1. The van der Waals surface area contributed by atoms with Crippen molar-refractivity contribution in [3.05, 3.63) is 68.6 Å². The molecule has 0 aliphatic heterocycles. The molecule has 8 nitrogen and oxygen atoms in total. The fourth-order valence-corrected chi connectivity index (χ4v) is 4.52. The smallest absolute Gasteiger partial charge is 0.320 e. The van der Waals surface area contributed by atoms with E-state index in [-0.39, 0.29) is 5.41 Å². The monoisotopic (exact) mass is 558 g/mol. The summed E-state index contributed by atoms with van der Waals surface area (Å²) < 4.78 is 0.747. The van der Waals surface area contributed by atoms with Crippen LogP contribution in [0, 0.1) is 0 Å². The van der Waals surface area contributed by atoms with Crippen molar-refractivity contribution < 1.29 is 19.5 Å². The largest absolute Gasteiger partial charge is 0.480 e. The third-order valence-electron chi connectivity index (χ3n) is 5.55. The van der Waals surface area contributed by atoms with E-state index in [0.29, 0.717) is 16.3 Å². The Hall–Kier alpha value is -2.95. The minimum absolute atomic E-state index is 0.124. The molecule has 0 aliphatic rings. The second kappa shape index (κ2) is 10.3. The summed E-state index contributed by atoms with van der Waals surface area (Å²) in [5.74, 6) is -1.73. The maximum Gasteiger partial charge on any atom is 0.320 e. The van der Waals surface area contributed by atoms with Crippen LogP contribution in [0.2, 0.25) is 0 Å². The van der Waals surface area contributed by atoms with Gasteiger partial charge in [0, 0.05) is 29.3 Å². The lowest BCUT2D eigenvalue weighted by molar-refractivity contribution is -0.141. The van der Waals surface area contributed by atoms with Crippen LogP contribution in [-0.4, -0.2) is 38.8 Å². The van der Waals surface area contributed by atoms with Gasteiger partial charge in [-0.25, -0.2) is 9.97 Å². The van der Waals surface area contributed by atoms with E-state index in [1.807, 2.05) is 6.07 Å². The number of carbonyl (C=O) groups is 3. The first-order chi connectivity index (χ1) is 16.3. The Labute approximate surface area is 216 Å². The van der Waals surface area contributed by atoms with Crippen molar-refractivity contribution in [3.8, 4) is 11.4 Å². The number of nitrogens with two attached hydrogens (primary N) is 1. The van der Waals surface area contributed by atoms with Crippen molar-refractivity contribution >= 4 is 44.9 Å². The second-order valence-corrected chi connectivity index (χ2v) is 11.4. The lowest BCUT2D eigenvalue weighted by Crippen LogP contribution is -2.51. The molecule has 0 radical (unpaired) electrons. The van der Waals surface area contributed by atoms with Crippen LogP contribution in [0.4, 0.5) is 0 Å². The minimum atomic E-state index is -1.50. The van der Waals surface area contributed by atoms with Crippen LogP contribution in [0.25, 0.3) is 11.4 Å². The highest BCUT2D eigenvalue weighted by Gasteiger charge is 2.38. The molecule has 0 saturated carbocycles. The molecule has 2 heterocycles. The summed E-state index contributed by atoms with van der Waals surface area (Å²) in [6.45, 7) is 7.72. The predicted molar refractivity (Wildman–Crippen MR) is 138 cm³/mol. The SMILES string of the molecule is CC(C)(C)c1ccc(C(=O)NC(C)(C(=O)C[C@@H](N)C(=O)O)c2ccc(-c3ncc(Br)cn3)cc2)s1. The Balaban J connectivity index is 1.95. The van der Waals surface area contributed by atoms with E-state index in [4.69, 9.17) is 5.73 Å². The van der Waals surface area contributed by atoms with E-state index in [2.05, 4.69) is 52.0 Å². The summed E-state index contributed by atoms with van der Waals surface area (Å²) in [4.78, 5) is 47.8. The van der Waals surface area contributed by atoms with E-state index < -0.39 is 35.7 Å². The van der Waals surface area contributed by atoms with Crippen molar-refractivity contribution in [2.24, 2.45) is 5.73 Å². The number of carboxylic acids is 1. The Kier molecular flexibility index (Phi) is 7.88. The van der Waals surface area contributed by atoms with Crippen LogP contribution in [0.15, 0.2) is 53.3 Å². The zero-order chi connectivity index (χ0) is 26.0. The van der Waals surface area contributed by atoms with E-state index in [0.717, 1.165) is 14.9 Å². The number of carbonyl (C=O) groups excluding carboxylic acids is 2. The van der Waals surface area contributed by atoms with Gasteiger partial charge >= 0.3 is 5.97 Å². The molecule has 0 aliphatic carbocycles. The second-order valence-electron chi connectivity index (χ2n) is 9.37. The first-order valence-electron chi connectivity index (χ1n) is 10.8. The fraction of sp³-hybridized carbons (Fsp3) is 0.320. The van der Waals surface area contributed by atoms with Gasteiger partial charge in [-0.15, -0.1) is 11.3 Å². The number of carboxylic acid groups (broad SMARTS) is 1. The van der Waals surface area contributed by atoms with Crippen molar-refractivity contribution in [1.82, 2.24) is 15.3 Å². The van der Waals surface area contributed by atoms with Crippen LogP contribution in [0.1, 0.15) is 54.2 Å². The van der Waals surface area contributed by atoms with Gasteiger partial charge in [0.25, 0.3) is 5.91 Å². The molecule has 4 N–H and O–H groups in total. The quantitative estimate of drug-likeness (QED) is 0.375. The number of aliphatic carboxylic acids is 1. The lowest BCUT2D eigenvalue weighted by Gasteiger charge is -2.30. The highest BCUT2D eigenvalue weighted by molar-refractivity contribution is 9.10. The maximum atomic E-state index is 13.3. The molecule has 0 bridgehead atoms. The van der Waals surface area contributed by atoms with Crippen LogP contribution in [-0.2, 0) is 20.5 Å². The molecule has 2 atom stereocenters. The Bertz CT molecular complexity index is 1240. The number of benzene rings is 1. The number of nitrogens with zero attached hydrogens (tertiary/aromatic N) is 2. The van der Waals surface area contributed by atoms with Gasteiger partial charge in [0.2, 0.25) is 0 Å². The molecule has 1 aromatic carbocycles. The van der Waals surface area contributed by atoms with Gasteiger partial charge in [-0.05, 0) is 46.0 Å². The van der Waals surface area contributed by atoms with E-state index >= 15 is 0 Å². The first-order valence-corrected chi connectivity index (χ1v) is 12.4. The Morgan fingerprint density at radius 2 is 1.66 bits per heavy atom. The molecule has 0 fully saturated rings. The van der Waals surface area contributed by atoms with Gasteiger partial charge in [-0.3, -0.25) is 14.4 Å². The highest BCUT2D eigenvalue weighted by Crippen LogP contribution is 2.31. The van der Waals surface area contributed by atoms with Crippen LogP contribution >= 0.6 is 27.3 Å². The summed E-state index contributed by atoms with van der Waals surface area (Å²) in [5, 5.41) is 12.0.